The van der Waals surface area contributed by atoms with E-state index < -0.39 is 0 Å². The smallest absolute Gasteiger partial charge is 0.0642 e. The number of benzene rings is 1. The molecule has 1 aliphatic carbocycles. The van der Waals surface area contributed by atoms with Gasteiger partial charge < -0.3 is 9.64 Å². The van der Waals surface area contributed by atoms with Crippen molar-refractivity contribution in [3.05, 3.63) is 35.4 Å². The second kappa shape index (κ2) is 3.70. The number of hydrogen-bond donors (Lipinski definition) is 0. The molecule has 0 radical (unpaired) electrons. The topological polar surface area (TPSA) is 12.5 Å². The number of fused-ring (bicyclic) bond motifs is 1. The van der Waals surface area contributed by atoms with Gasteiger partial charge in [0.15, 0.2) is 0 Å². The lowest BCUT2D eigenvalue weighted by atomic mass is 10.1. The summed E-state index contributed by atoms with van der Waals surface area (Å²) in [5.74, 6) is 0. The molecule has 78 valence electrons. The van der Waals surface area contributed by atoms with E-state index in [1.807, 2.05) is 0 Å². The highest BCUT2D eigenvalue weighted by molar-refractivity contribution is 5.65. The van der Waals surface area contributed by atoms with Gasteiger partial charge in [0.2, 0.25) is 0 Å². The van der Waals surface area contributed by atoms with Gasteiger partial charge in [-0.1, -0.05) is 18.2 Å². The van der Waals surface area contributed by atoms with Crippen LogP contribution in [0.25, 0.3) is 6.08 Å². The molecular formula is C13H15NO. The van der Waals surface area contributed by atoms with E-state index in [-0.39, 0.29) is 0 Å². The summed E-state index contributed by atoms with van der Waals surface area (Å²) in [6.07, 6.45) is 5.55. The van der Waals surface area contributed by atoms with E-state index in [0.29, 0.717) is 0 Å². The van der Waals surface area contributed by atoms with Gasteiger partial charge in [0.25, 0.3) is 0 Å². The molecule has 1 aliphatic heterocycles. The first-order chi connectivity index (χ1) is 7.43. The number of morpholine rings is 1. The standard InChI is InChI=1S/C13H15NO/c1-2-11-4-5-13(10-12(11)3-1)14-6-8-15-9-7-14/h1,3-5,10H,2,6-9H2. The third-order valence-corrected chi connectivity index (χ3v) is 3.14. The predicted octanol–water partition coefficient (Wildman–Crippen LogP) is 2.09. The molecule has 0 spiro atoms. The van der Waals surface area contributed by atoms with E-state index >= 15 is 0 Å². The van der Waals surface area contributed by atoms with Gasteiger partial charge >= 0.3 is 0 Å². The largest absolute Gasteiger partial charge is 0.378 e. The van der Waals surface area contributed by atoms with Crippen molar-refractivity contribution in [3.8, 4) is 0 Å². The molecule has 0 amide bonds. The monoisotopic (exact) mass is 201 g/mol. The van der Waals surface area contributed by atoms with Crippen LogP contribution in [0.2, 0.25) is 0 Å². The van der Waals surface area contributed by atoms with Crippen LogP contribution in [0, 0.1) is 0 Å². The van der Waals surface area contributed by atoms with Gasteiger partial charge in [0.05, 0.1) is 13.2 Å². The lowest BCUT2D eigenvalue weighted by Gasteiger charge is -2.29. The quantitative estimate of drug-likeness (QED) is 0.690. The zero-order valence-electron chi connectivity index (χ0n) is 8.78. The van der Waals surface area contributed by atoms with Gasteiger partial charge in [-0.15, -0.1) is 0 Å². The molecule has 3 rings (SSSR count). The van der Waals surface area contributed by atoms with Crippen LogP contribution in [-0.2, 0) is 11.2 Å². The van der Waals surface area contributed by atoms with Crippen LogP contribution >= 0.6 is 0 Å². The van der Waals surface area contributed by atoms with Crippen molar-refractivity contribution < 1.29 is 4.74 Å². The minimum absolute atomic E-state index is 0.854. The number of ether oxygens (including phenoxy) is 1. The SMILES string of the molecule is C1=Cc2cc(N3CCOCC3)ccc2C1. The molecular weight excluding hydrogens is 186 g/mol. The summed E-state index contributed by atoms with van der Waals surface area (Å²) >= 11 is 0. The van der Waals surface area contributed by atoms with Gasteiger partial charge in [-0.05, 0) is 29.7 Å². The number of rotatable bonds is 1. The summed E-state index contributed by atoms with van der Waals surface area (Å²) in [4.78, 5) is 2.40. The van der Waals surface area contributed by atoms with Crippen molar-refractivity contribution in [2.24, 2.45) is 0 Å². The van der Waals surface area contributed by atoms with Gasteiger partial charge in [-0.2, -0.15) is 0 Å². The van der Waals surface area contributed by atoms with Gasteiger partial charge in [-0.3, -0.25) is 0 Å². The Hall–Kier alpha value is -1.28. The lowest BCUT2D eigenvalue weighted by molar-refractivity contribution is 0.122. The molecule has 0 N–H and O–H groups in total. The first kappa shape index (κ1) is 8.98. The maximum Gasteiger partial charge on any atom is 0.0642 e. The zero-order valence-corrected chi connectivity index (χ0v) is 8.78. The van der Waals surface area contributed by atoms with Crippen LogP contribution in [0.3, 0.4) is 0 Å². The third kappa shape index (κ3) is 1.65. The second-order valence-electron chi connectivity index (χ2n) is 4.09. The van der Waals surface area contributed by atoms with Crippen LogP contribution in [0.5, 0.6) is 0 Å². The summed E-state index contributed by atoms with van der Waals surface area (Å²) in [6, 6.07) is 6.78. The van der Waals surface area contributed by atoms with Crippen molar-refractivity contribution >= 4 is 11.8 Å². The molecule has 1 fully saturated rings. The van der Waals surface area contributed by atoms with Crippen molar-refractivity contribution in [2.75, 3.05) is 31.2 Å². The Labute approximate surface area is 90.2 Å². The summed E-state index contributed by atoms with van der Waals surface area (Å²) in [7, 11) is 0. The summed E-state index contributed by atoms with van der Waals surface area (Å²) in [6.45, 7) is 3.74. The van der Waals surface area contributed by atoms with Gasteiger partial charge in [0, 0.05) is 18.8 Å². The Kier molecular flexibility index (Phi) is 2.22. The maximum atomic E-state index is 5.36. The highest BCUT2D eigenvalue weighted by atomic mass is 16.5. The molecule has 2 nitrogen and oxygen atoms in total. The molecule has 1 aromatic carbocycles. The van der Waals surface area contributed by atoms with Crippen LogP contribution in [0.1, 0.15) is 11.1 Å². The fourth-order valence-corrected chi connectivity index (χ4v) is 2.25. The molecule has 2 heteroatoms. The molecule has 1 heterocycles. The minimum Gasteiger partial charge on any atom is -0.378 e. The number of anilines is 1. The fourth-order valence-electron chi connectivity index (χ4n) is 2.25. The lowest BCUT2D eigenvalue weighted by Crippen LogP contribution is -2.36. The highest BCUT2D eigenvalue weighted by Crippen LogP contribution is 2.25. The first-order valence-electron chi connectivity index (χ1n) is 5.56. The third-order valence-electron chi connectivity index (χ3n) is 3.14. The average molecular weight is 201 g/mol. The van der Waals surface area contributed by atoms with Crippen LogP contribution in [-0.4, -0.2) is 26.3 Å². The first-order valence-corrected chi connectivity index (χ1v) is 5.56. The van der Waals surface area contributed by atoms with E-state index in [1.54, 1.807) is 0 Å². The molecule has 2 aliphatic rings. The molecule has 0 saturated carbocycles. The molecule has 0 aromatic heterocycles. The van der Waals surface area contributed by atoms with Crippen molar-refractivity contribution in [3.63, 3.8) is 0 Å². The Morgan fingerprint density at radius 1 is 1.13 bits per heavy atom. The summed E-state index contributed by atoms with van der Waals surface area (Å²) < 4.78 is 5.36. The van der Waals surface area contributed by atoms with Gasteiger partial charge in [-0.25, -0.2) is 0 Å². The fraction of sp³-hybridized carbons (Fsp3) is 0.385. The summed E-state index contributed by atoms with van der Waals surface area (Å²) in [5.41, 5.74) is 4.18. The number of hydrogen-bond acceptors (Lipinski definition) is 2. The molecule has 15 heavy (non-hydrogen) atoms. The van der Waals surface area contributed by atoms with E-state index in [9.17, 15) is 0 Å². The normalized spacial score (nSPS) is 19.3. The molecule has 0 unspecified atom stereocenters. The van der Waals surface area contributed by atoms with E-state index in [0.717, 1.165) is 32.7 Å². The van der Waals surface area contributed by atoms with E-state index in [2.05, 4.69) is 35.3 Å². The highest BCUT2D eigenvalue weighted by Gasteiger charge is 2.13. The van der Waals surface area contributed by atoms with Crippen LogP contribution < -0.4 is 4.90 Å². The Balaban J connectivity index is 1.88. The van der Waals surface area contributed by atoms with E-state index in [4.69, 9.17) is 4.74 Å². The maximum absolute atomic E-state index is 5.36. The van der Waals surface area contributed by atoms with Crippen molar-refractivity contribution in [1.29, 1.82) is 0 Å². The second-order valence-corrected chi connectivity index (χ2v) is 4.09. The molecule has 1 saturated heterocycles. The minimum atomic E-state index is 0.854. The average Bonchev–Trinajstić information content (AvgIpc) is 2.77. The number of nitrogens with zero attached hydrogens (tertiary/aromatic N) is 1. The zero-order chi connectivity index (χ0) is 10.1. The van der Waals surface area contributed by atoms with Crippen molar-refractivity contribution in [1.82, 2.24) is 0 Å². The van der Waals surface area contributed by atoms with Crippen LogP contribution in [0.15, 0.2) is 24.3 Å². The molecule has 0 bridgehead atoms. The Bertz CT molecular complexity index is 392. The summed E-state index contributed by atoms with van der Waals surface area (Å²) in [5, 5.41) is 0. The molecule has 1 aromatic rings. The predicted molar refractivity (Wildman–Crippen MR) is 62.2 cm³/mol. The Morgan fingerprint density at radius 3 is 2.87 bits per heavy atom. The van der Waals surface area contributed by atoms with Gasteiger partial charge in [0.1, 0.15) is 0 Å². The number of allylic oxidation sites excluding steroid dienone is 1. The van der Waals surface area contributed by atoms with Crippen LogP contribution in [0.4, 0.5) is 5.69 Å². The van der Waals surface area contributed by atoms with E-state index in [1.165, 1.54) is 16.8 Å². The molecule has 0 atom stereocenters. The Morgan fingerprint density at radius 2 is 2.00 bits per heavy atom. The van der Waals surface area contributed by atoms with Crippen molar-refractivity contribution in [2.45, 2.75) is 6.42 Å².